The van der Waals surface area contributed by atoms with Gasteiger partial charge >= 0.3 is 0 Å². The molecule has 54 valence electrons. The van der Waals surface area contributed by atoms with E-state index in [-0.39, 0.29) is 5.91 Å². The van der Waals surface area contributed by atoms with Gasteiger partial charge in [-0.2, -0.15) is 10.1 Å². The van der Waals surface area contributed by atoms with E-state index in [1.54, 1.807) is 7.05 Å². The third-order valence-electron chi connectivity index (χ3n) is 0.999. The number of hydrogen-bond acceptors (Lipinski definition) is 3. The molecule has 5 heteroatoms. The molecule has 1 amide bonds. The second kappa shape index (κ2) is 2.47. The molecule has 0 aromatic carbocycles. The first-order valence-corrected chi connectivity index (χ1v) is 2.81. The normalized spacial score (nSPS) is 9.40. The number of anilines is 1. The zero-order valence-electron chi connectivity index (χ0n) is 5.83. The lowest BCUT2D eigenvalue weighted by molar-refractivity contribution is -0.114. The summed E-state index contributed by atoms with van der Waals surface area (Å²) in [5.41, 5.74) is 0. The molecule has 5 nitrogen and oxygen atoms in total. The van der Waals surface area contributed by atoms with Crippen LogP contribution in [-0.4, -0.2) is 20.7 Å². The highest BCUT2D eigenvalue weighted by Gasteiger charge is 1.99. The molecule has 1 aromatic rings. The summed E-state index contributed by atoms with van der Waals surface area (Å²) in [7, 11) is 1.71. The molecule has 0 fully saturated rings. The van der Waals surface area contributed by atoms with E-state index in [2.05, 4.69) is 15.4 Å². The Labute approximate surface area is 58.1 Å². The molecule has 1 N–H and O–H groups in total. The Bertz CT molecular complexity index is 242. The minimum atomic E-state index is -0.142. The van der Waals surface area contributed by atoms with Crippen molar-refractivity contribution in [2.75, 3.05) is 5.32 Å². The van der Waals surface area contributed by atoms with Gasteiger partial charge in [0.1, 0.15) is 6.33 Å². The van der Waals surface area contributed by atoms with Gasteiger partial charge in [0.2, 0.25) is 11.9 Å². The molecule has 0 saturated carbocycles. The van der Waals surface area contributed by atoms with Crippen molar-refractivity contribution in [3.8, 4) is 0 Å². The topological polar surface area (TPSA) is 59.8 Å². The lowest BCUT2D eigenvalue weighted by atomic mass is 10.7. The smallest absolute Gasteiger partial charge is 0.227 e. The Morgan fingerprint density at radius 1 is 1.80 bits per heavy atom. The van der Waals surface area contributed by atoms with E-state index in [1.807, 2.05) is 0 Å². The summed E-state index contributed by atoms with van der Waals surface area (Å²) >= 11 is 0. The fourth-order valence-electron chi connectivity index (χ4n) is 0.567. The van der Waals surface area contributed by atoms with Crippen molar-refractivity contribution in [1.29, 1.82) is 0 Å². The van der Waals surface area contributed by atoms with E-state index in [0.717, 1.165) is 0 Å². The first kappa shape index (κ1) is 6.73. The van der Waals surface area contributed by atoms with E-state index in [4.69, 9.17) is 0 Å². The van der Waals surface area contributed by atoms with Crippen molar-refractivity contribution < 1.29 is 4.79 Å². The van der Waals surface area contributed by atoms with E-state index in [0.29, 0.717) is 5.95 Å². The summed E-state index contributed by atoms with van der Waals surface area (Å²) in [4.78, 5) is 14.2. The van der Waals surface area contributed by atoms with Gasteiger partial charge < -0.3 is 0 Å². The van der Waals surface area contributed by atoms with E-state index >= 15 is 0 Å². The first-order valence-electron chi connectivity index (χ1n) is 2.81. The number of carbonyl (C=O) groups excluding carboxylic acids is 1. The van der Waals surface area contributed by atoms with Gasteiger partial charge in [-0.1, -0.05) is 0 Å². The number of aromatic nitrogens is 3. The number of amides is 1. The molecule has 0 aliphatic carbocycles. The average molecular weight is 140 g/mol. The molecule has 10 heavy (non-hydrogen) atoms. The van der Waals surface area contributed by atoms with Crippen molar-refractivity contribution in [3.05, 3.63) is 6.33 Å². The number of carbonyl (C=O) groups is 1. The summed E-state index contributed by atoms with van der Waals surface area (Å²) in [5.74, 6) is 0.323. The van der Waals surface area contributed by atoms with Crippen LogP contribution >= 0.6 is 0 Å². The van der Waals surface area contributed by atoms with Crippen LogP contribution in [0.1, 0.15) is 6.92 Å². The SMILES string of the molecule is CC(=O)Nc1ncnn1C. The molecule has 0 aliphatic rings. The Balaban J connectivity index is 2.74. The van der Waals surface area contributed by atoms with Gasteiger partial charge in [0, 0.05) is 14.0 Å². The lowest BCUT2D eigenvalue weighted by Gasteiger charge is -1.97. The quantitative estimate of drug-likeness (QED) is 0.586. The molecule has 1 aromatic heterocycles. The monoisotopic (exact) mass is 140 g/mol. The minimum absolute atomic E-state index is 0.142. The molecule has 0 aliphatic heterocycles. The molecule has 0 bridgehead atoms. The van der Waals surface area contributed by atoms with Crippen LogP contribution in [0.25, 0.3) is 0 Å². The Morgan fingerprint density at radius 2 is 2.50 bits per heavy atom. The minimum Gasteiger partial charge on any atom is -0.295 e. The maximum atomic E-state index is 10.5. The van der Waals surface area contributed by atoms with Crippen molar-refractivity contribution in [2.45, 2.75) is 6.92 Å². The fraction of sp³-hybridized carbons (Fsp3) is 0.400. The second-order valence-corrected chi connectivity index (χ2v) is 1.89. The number of aryl methyl sites for hydroxylation is 1. The molecule has 0 atom stereocenters. The predicted octanol–water partition coefficient (Wildman–Crippen LogP) is -0.227. The summed E-state index contributed by atoms with van der Waals surface area (Å²) in [5, 5.41) is 6.26. The zero-order valence-corrected chi connectivity index (χ0v) is 5.83. The van der Waals surface area contributed by atoms with Crippen LogP contribution < -0.4 is 5.32 Å². The van der Waals surface area contributed by atoms with Crippen LogP contribution in [0.5, 0.6) is 0 Å². The highest BCUT2D eigenvalue weighted by molar-refractivity contribution is 5.86. The molecule has 1 rings (SSSR count). The first-order chi connectivity index (χ1) is 4.70. The zero-order chi connectivity index (χ0) is 7.56. The predicted molar refractivity (Wildman–Crippen MR) is 35.3 cm³/mol. The molecule has 0 saturated heterocycles. The molecular formula is C5H8N4O. The van der Waals surface area contributed by atoms with Crippen LogP contribution in [0.4, 0.5) is 5.95 Å². The van der Waals surface area contributed by atoms with Gasteiger partial charge in [-0.15, -0.1) is 0 Å². The van der Waals surface area contributed by atoms with E-state index in [9.17, 15) is 4.79 Å². The van der Waals surface area contributed by atoms with Crippen molar-refractivity contribution in [2.24, 2.45) is 7.05 Å². The molecule has 0 unspecified atom stereocenters. The average Bonchev–Trinajstić information content (AvgIpc) is 2.15. The van der Waals surface area contributed by atoms with Gasteiger partial charge in [0.15, 0.2) is 0 Å². The number of rotatable bonds is 1. The number of nitrogens with one attached hydrogen (secondary N) is 1. The van der Waals surface area contributed by atoms with Crippen molar-refractivity contribution in [1.82, 2.24) is 14.8 Å². The highest BCUT2D eigenvalue weighted by Crippen LogP contribution is 1.95. The molecule has 0 radical (unpaired) electrons. The second-order valence-electron chi connectivity index (χ2n) is 1.89. The van der Waals surface area contributed by atoms with Crippen LogP contribution in [0.3, 0.4) is 0 Å². The van der Waals surface area contributed by atoms with E-state index < -0.39 is 0 Å². The van der Waals surface area contributed by atoms with Crippen molar-refractivity contribution >= 4 is 11.9 Å². The van der Waals surface area contributed by atoms with E-state index in [1.165, 1.54) is 17.9 Å². The molecular weight excluding hydrogens is 132 g/mol. The summed E-state index contributed by atoms with van der Waals surface area (Å²) < 4.78 is 1.49. The number of nitrogens with zero attached hydrogens (tertiary/aromatic N) is 3. The van der Waals surface area contributed by atoms with Crippen LogP contribution in [0, 0.1) is 0 Å². The third kappa shape index (κ3) is 1.31. The summed E-state index contributed by atoms with van der Waals surface area (Å²) in [6, 6.07) is 0. The van der Waals surface area contributed by atoms with Crippen LogP contribution in [-0.2, 0) is 11.8 Å². The Kier molecular flexibility index (Phi) is 1.66. The Morgan fingerprint density at radius 3 is 2.90 bits per heavy atom. The molecule has 0 spiro atoms. The maximum absolute atomic E-state index is 10.5. The van der Waals surface area contributed by atoms with Gasteiger partial charge in [-0.05, 0) is 0 Å². The van der Waals surface area contributed by atoms with Crippen LogP contribution in [0.15, 0.2) is 6.33 Å². The largest absolute Gasteiger partial charge is 0.295 e. The van der Waals surface area contributed by atoms with Crippen molar-refractivity contribution in [3.63, 3.8) is 0 Å². The number of hydrogen-bond donors (Lipinski definition) is 1. The third-order valence-corrected chi connectivity index (χ3v) is 0.999. The lowest BCUT2D eigenvalue weighted by Crippen LogP contribution is -2.10. The van der Waals surface area contributed by atoms with Gasteiger partial charge in [-0.3, -0.25) is 10.1 Å². The molecule has 1 heterocycles. The Hall–Kier alpha value is -1.39. The maximum Gasteiger partial charge on any atom is 0.227 e. The van der Waals surface area contributed by atoms with Crippen LogP contribution in [0.2, 0.25) is 0 Å². The van der Waals surface area contributed by atoms with Gasteiger partial charge in [0.25, 0.3) is 0 Å². The fourth-order valence-corrected chi connectivity index (χ4v) is 0.567. The highest BCUT2D eigenvalue weighted by atomic mass is 16.1. The van der Waals surface area contributed by atoms with Gasteiger partial charge in [-0.25, -0.2) is 4.68 Å². The summed E-state index contributed by atoms with van der Waals surface area (Å²) in [6.07, 6.45) is 1.38. The standard InChI is InChI=1S/C5H8N4O/c1-4(10)8-5-6-3-7-9(5)2/h3H,1-2H3,(H,6,7,8,10). The summed E-state index contributed by atoms with van der Waals surface area (Å²) in [6.45, 7) is 1.43. The van der Waals surface area contributed by atoms with Gasteiger partial charge in [0.05, 0.1) is 0 Å².